The molecule has 3 rings (SSSR count). The highest BCUT2D eigenvalue weighted by atomic mass is 16.5. The van der Waals surface area contributed by atoms with Gasteiger partial charge in [-0.2, -0.15) is 5.10 Å². The lowest BCUT2D eigenvalue weighted by Gasteiger charge is -2.41. The molecule has 13 nitrogen and oxygen atoms in total. The maximum atomic E-state index is 13.0. The molecule has 13 heteroatoms. The third-order valence-corrected chi connectivity index (χ3v) is 4.88. The number of carbonyl (C=O) groups is 3. The van der Waals surface area contributed by atoms with Gasteiger partial charge in [0, 0.05) is 58.7 Å². The van der Waals surface area contributed by atoms with Crippen molar-refractivity contribution in [1.29, 1.82) is 0 Å². The number of methoxy groups -OCH3 is 1. The van der Waals surface area contributed by atoms with Crippen LogP contribution in [0.3, 0.4) is 0 Å². The molecule has 1 amide bonds. The lowest BCUT2D eigenvalue weighted by molar-refractivity contribution is -0.127. The van der Waals surface area contributed by atoms with Crippen LogP contribution in [-0.4, -0.2) is 87.8 Å². The number of aryl methyl sites for hydroxylation is 2. The van der Waals surface area contributed by atoms with Gasteiger partial charge in [0.25, 0.3) is 12.9 Å². The summed E-state index contributed by atoms with van der Waals surface area (Å²) in [5, 5.41) is 28.6. The number of piperidine rings is 1. The van der Waals surface area contributed by atoms with Crippen molar-refractivity contribution in [2.24, 2.45) is 7.05 Å². The Bertz CT molecular complexity index is 840. The van der Waals surface area contributed by atoms with Gasteiger partial charge in [-0.25, -0.2) is 0 Å². The van der Waals surface area contributed by atoms with Crippen LogP contribution in [0.2, 0.25) is 0 Å². The highest BCUT2D eigenvalue weighted by molar-refractivity contribution is 5.89. The summed E-state index contributed by atoms with van der Waals surface area (Å²) >= 11 is 0. The van der Waals surface area contributed by atoms with Crippen LogP contribution in [-0.2, 0) is 32.7 Å². The SMILES string of the molecule is COCCNC(=O)C1(Nc2ccn(C)n2)CCN(Cc2cc(C)on2)CC1.O=CO.O=CO. The van der Waals surface area contributed by atoms with Crippen LogP contribution in [0.25, 0.3) is 0 Å². The van der Waals surface area contributed by atoms with Gasteiger partial charge in [0.1, 0.15) is 17.1 Å². The zero-order valence-electron chi connectivity index (χ0n) is 19.1. The monoisotopic (exact) mass is 468 g/mol. The summed E-state index contributed by atoms with van der Waals surface area (Å²) in [6.07, 6.45) is 3.22. The van der Waals surface area contributed by atoms with Gasteiger partial charge in [-0.1, -0.05) is 5.16 Å². The van der Waals surface area contributed by atoms with E-state index in [9.17, 15) is 4.79 Å². The van der Waals surface area contributed by atoms with E-state index in [-0.39, 0.29) is 18.9 Å². The molecule has 0 radical (unpaired) electrons. The Morgan fingerprint density at radius 1 is 1.30 bits per heavy atom. The Labute approximate surface area is 191 Å². The van der Waals surface area contributed by atoms with Crippen LogP contribution >= 0.6 is 0 Å². The average Bonchev–Trinajstić information content (AvgIpc) is 3.38. The molecule has 184 valence electrons. The van der Waals surface area contributed by atoms with Crippen molar-refractivity contribution < 1.29 is 33.9 Å². The molecule has 0 unspecified atom stereocenters. The second-order valence-electron chi connectivity index (χ2n) is 7.25. The summed E-state index contributed by atoms with van der Waals surface area (Å²) in [4.78, 5) is 32.0. The van der Waals surface area contributed by atoms with Crippen LogP contribution in [0.15, 0.2) is 22.9 Å². The number of carbonyl (C=O) groups excluding carboxylic acids is 1. The van der Waals surface area contributed by atoms with E-state index in [1.54, 1.807) is 11.8 Å². The van der Waals surface area contributed by atoms with E-state index in [1.165, 1.54) is 0 Å². The van der Waals surface area contributed by atoms with Gasteiger partial charge >= 0.3 is 0 Å². The molecule has 2 aromatic rings. The van der Waals surface area contributed by atoms with Crippen LogP contribution in [0.4, 0.5) is 5.82 Å². The van der Waals surface area contributed by atoms with Gasteiger partial charge in [-0.15, -0.1) is 0 Å². The molecule has 2 aromatic heterocycles. The van der Waals surface area contributed by atoms with E-state index in [2.05, 4.69) is 25.8 Å². The van der Waals surface area contributed by atoms with Crippen LogP contribution in [0.5, 0.6) is 0 Å². The molecule has 1 saturated heterocycles. The molecule has 33 heavy (non-hydrogen) atoms. The van der Waals surface area contributed by atoms with Gasteiger partial charge in [0.05, 0.1) is 12.3 Å². The molecule has 4 N–H and O–H groups in total. The zero-order chi connectivity index (χ0) is 24.7. The van der Waals surface area contributed by atoms with Gasteiger partial charge in [-0.3, -0.25) is 24.0 Å². The van der Waals surface area contributed by atoms with E-state index >= 15 is 0 Å². The second kappa shape index (κ2) is 14.6. The number of aromatic nitrogens is 3. The Hall–Kier alpha value is -3.45. The summed E-state index contributed by atoms with van der Waals surface area (Å²) in [7, 11) is 3.48. The third-order valence-electron chi connectivity index (χ3n) is 4.88. The lowest BCUT2D eigenvalue weighted by Crippen LogP contribution is -2.58. The number of carboxylic acid groups (broad SMARTS) is 2. The number of rotatable bonds is 8. The van der Waals surface area contributed by atoms with E-state index < -0.39 is 5.54 Å². The third kappa shape index (κ3) is 9.29. The van der Waals surface area contributed by atoms with Crippen molar-refractivity contribution in [3.05, 3.63) is 29.8 Å². The van der Waals surface area contributed by atoms with Crippen molar-refractivity contribution in [3.8, 4) is 0 Å². The van der Waals surface area contributed by atoms with Crippen LogP contribution in [0.1, 0.15) is 24.3 Å². The van der Waals surface area contributed by atoms with Gasteiger partial charge in [-0.05, 0) is 19.8 Å². The van der Waals surface area contributed by atoms with Crippen LogP contribution in [0, 0.1) is 6.92 Å². The van der Waals surface area contributed by atoms with E-state index in [1.807, 2.05) is 32.3 Å². The van der Waals surface area contributed by atoms with Gasteiger partial charge < -0.3 is 30.1 Å². The molecule has 1 fully saturated rings. The number of amides is 1. The summed E-state index contributed by atoms with van der Waals surface area (Å²) in [5.74, 6) is 1.51. The Morgan fingerprint density at radius 3 is 2.42 bits per heavy atom. The van der Waals surface area contributed by atoms with Crippen molar-refractivity contribution in [2.45, 2.75) is 31.8 Å². The first-order chi connectivity index (χ1) is 15.8. The minimum atomic E-state index is -0.682. The highest BCUT2D eigenvalue weighted by Gasteiger charge is 2.41. The number of nitrogens with zero attached hydrogens (tertiary/aromatic N) is 4. The topological polar surface area (TPSA) is 172 Å². The minimum Gasteiger partial charge on any atom is -0.483 e. The Kier molecular flexibility index (Phi) is 12.2. The number of anilines is 1. The van der Waals surface area contributed by atoms with Crippen LogP contribution < -0.4 is 10.6 Å². The predicted octanol–water partition coefficient (Wildman–Crippen LogP) is 0.327. The Morgan fingerprint density at radius 2 is 1.94 bits per heavy atom. The maximum Gasteiger partial charge on any atom is 0.290 e. The van der Waals surface area contributed by atoms with Gasteiger partial charge in [0.15, 0.2) is 0 Å². The Balaban J connectivity index is 0.000000819. The molecule has 0 aliphatic carbocycles. The van der Waals surface area contributed by atoms with Gasteiger partial charge in [0.2, 0.25) is 5.91 Å². The minimum absolute atomic E-state index is 0.0119. The summed E-state index contributed by atoms with van der Waals surface area (Å²) < 4.78 is 11.9. The number of nitrogens with one attached hydrogen (secondary N) is 2. The van der Waals surface area contributed by atoms with E-state index in [0.717, 1.165) is 31.1 Å². The summed E-state index contributed by atoms with van der Waals surface area (Å²) in [5.41, 5.74) is 0.237. The van der Waals surface area contributed by atoms with Crippen molar-refractivity contribution in [1.82, 2.24) is 25.2 Å². The first kappa shape index (κ1) is 27.6. The second-order valence-corrected chi connectivity index (χ2v) is 7.25. The molecule has 0 atom stereocenters. The average molecular weight is 469 g/mol. The molecule has 0 bridgehead atoms. The molecule has 0 saturated carbocycles. The standard InChI is InChI=1S/C18H28N6O3.2CH2O2/c1-14-12-15(22-27-14)13-24-9-5-18(6-10-24,17(25)19-7-11-26-3)20-16-4-8-23(2)21-16;2*2-1-3/h4,8,12H,5-7,9-11,13H2,1-3H3,(H,19,25)(H,20,21);2*1H,(H,2,3). The van der Waals surface area contributed by atoms with Crippen molar-refractivity contribution in [3.63, 3.8) is 0 Å². The first-order valence-electron chi connectivity index (χ1n) is 10.2. The summed E-state index contributed by atoms with van der Waals surface area (Å²) in [6, 6.07) is 3.83. The fourth-order valence-electron chi connectivity index (χ4n) is 3.39. The number of likely N-dealkylation sites (tertiary alicyclic amines) is 1. The first-order valence-corrected chi connectivity index (χ1v) is 10.2. The largest absolute Gasteiger partial charge is 0.483 e. The molecule has 0 spiro atoms. The fourth-order valence-corrected chi connectivity index (χ4v) is 3.39. The smallest absolute Gasteiger partial charge is 0.290 e. The normalized spacial score (nSPS) is 14.6. The molecule has 0 aromatic carbocycles. The van der Waals surface area contributed by atoms with Crippen molar-refractivity contribution >= 4 is 24.7 Å². The predicted molar refractivity (Wildman–Crippen MR) is 118 cm³/mol. The molecule has 1 aliphatic rings. The molecule has 3 heterocycles. The zero-order valence-corrected chi connectivity index (χ0v) is 19.1. The lowest BCUT2D eigenvalue weighted by atomic mass is 9.86. The number of hydrogen-bond acceptors (Lipinski definition) is 9. The molecular formula is C20H32N6O7. The highest BCUT2D eigenvalue weighted by Crippen LogP contribution is 2.28. The molecule has 1 aliphatic heterocycles. The number of hydrogen-bond donors (Lipinski definition) is 4. The van der Waals surface area contributed by atoms with Crippen molar-refractivity contribution in [2.75, 3.05) is 38.7 Å². The quantitative estimate of drug-likeness (QED) is 0.311. The number of ether oxygens (including phenoxy) is 1. The summed E-state index contributed by atoms with van der Waals surface area (Å²) in [6.45, 7) is 4.65. The fraction of sp³-hybridized carbons (Fsp3) is 0.550. The maximum absolute atomic E-state index is 13.0. The molecular weight excluding hydrogens is 436 g/mol. The van der Waals surface area contributed by atoms with E-state index in [4.69, 9.17) is 29.1 Å². The van der Waals surface area contributed by atoms with E-state index in [0.29, 0.717) is 31.8 Å².